The Bertz CT molecular complexity index is 679. The van der Waals surface area contributed by atoms with Gasteiger partial charge in [-0.3, -0.25) is 4.79 Å². The molecule has 4 nitrogen and oxygen atoms in total. The Morgan fingerprint density at radius 1 is 1.43 bits per heavy atom. The topological polar surface area (TPSA) is 58.4 Å². The molecule has 0 fully saturated rings. The smallest absolute Gasteiger partial charge is 0.263 e. The summed E-state index contributed by atoms with van der Waals surface area (Å²) < 4.78 is 14.5. The van der Waals surface area contributed by atoms with Gasteiger partial charge in [-0.1, -0.05) is 6.07 Å². The van der Waals surface area contributed by atoms with E-state index < -0.39 is 5.82 Å². The lowest BCUT2D eigenvalue weighted by molar-refractivity contribution is 0.0924. The largest absolute Gasteiger partial charge is 0.397 e. The summed E-state index contributed by atoms with van der Waals surface area (Å²) in [6.45, 7) is 4.54. The molecule has 0 aliphatic rings. The summed E-state index contributed by atoms with van der Waals surface area (Å²) in [4.78, 5) is 14.7. The number of fused-ring (bicyclic) bond motifs is 1. The van der Waals surface area contributed by atoms with E-state index in [4.69, 9.17) is 5.73 Å². The van der Waals surface area contributed by atoms with E-state index >= 15 is 0 Å². The number of thiophene rings is 1. The molecular formula is C15H20FN3OS. The third kappa shape index (κ3) is 3.01. The van der Waals surface area contributed by atoms with Crippen molar-refractivity contribution >= 4 is 33.0 Å². The van der Waals surface area contributed by atoms with Gasteiger partial charge in [0.25, 0.3) is 5.91 Å². The summed E-state index contributed by atoms with van der Waals surface area (Å²) in [6.07, 6.45) is 0. The van der Waals surface area contributed by atoms with Crippen LogP contribution in [-0.4, -0.2) is 37.0 Å². The van der Waals surface area contributed by atoms with Crippen LogP contribution >= 0.6 is 11.3 Å². The SMILES string of the molecule is CN(C)C(C)(C)CNC(=O)c1sc2cccc(F)c2c1N. The van der Waals surface area contributed by atoms with Crippen molar-refractivity contribution in [1.29, 1.82) is 0 Å². The lowest BCUT2D eigenvalue weighted by Crippen LogP contribution is -2.48. The molecule has 6 heteroatoms. The normalized spacial score (nSPS) is 12.1. The molecule has 0 radical (unpaired) electrons. The van der Waals surface area contributed by atoms with E-state index in [0.29, 0.717) is 21.5 Å². The van der Waals surface area contributed by atoms with Crippen LogP contribution in [0.25, 0.3) is 10.1 Å². The quantitative estimate of drug-likeness (QED) is 0.913. The van der Waals surface area contributed by atoms with Gasteiger partial charge in [0.1, 0.15) is 10.7 Å². The Hall–Kier alpha value is -1.66. The van der Waals surface area contributed by atoms with Gasteiger partial charge in [-0.25, -0.2) is 4.39 Å². The van der Waals surface area contributed by atoms with Crippen LogP contribution in [0.5, 0.6) is 0 Å². The molecule has 1 aromatic carbocycles. The summed E-state index contributed by atoms with van der Waals surface area (Å²) in [6, 6.07) is 4.73. The molecule has 0 spiro atoms. The van der Waals surface area contributed by atoms with E-state index in [1.165, 1.54) is 17.4 Å². The zero-order valence-corrected chi connectivity index (χ0v) is 13.5. The Kier molecular flexibility index (Phi) is 4.20. The number of nitrogens with two attached hydrogens (primary N) is 1. The molecule has 2 aromatic rings. The number of hydrogen-bond acceptors (Lipinski definition) is 4. The van der Waals surface area contributed by atoms with Crippen LogP contribution < -0.4 is 11.1 Å². The third-order valence-electron chi connectivity index (χ3n) is 3.80. The number of hydrogen-bond donors (Lipinski definition) is 2. The van der Waals surface area contributed by atoms with E-state index in [0.717, 1.165) is 0 Å². The number of carbonyl (C=O) groups is 1. The summed E-state index contributed by atoms with van der Waals surface area (Å²) in [5, 5.41) is 3.20. The fourth-order valence-corrected chi connectivity index (χ4v) is 2.89. The zero-order valence-electron chi connectivity index (χ0n) is 12.7. The number of nitrogens with zero attached hydrogens (tertiary/aromatic N) is 1. The number of rotatable bonds is 4. The minimum absolute atomic E-state index is 0.174. The van der Waals surface area contributed by atoms with Crippen LogP contribution in [0.3, 0.4) is 0 Å². The van der Waals surface area contributed by atoms with Crippen molar-refractivity contribution in [3.05, 3.63) is 28.9 Å². The molecule has 0 saturated carbocycles. The second-order valence-electron chi connectivity index (χ2n) is 5.85. The van der Waals surface area contributed by atoms with Crippen LogP contribution in [0.1, 0.15) is 23.5 Å². The number of nitrogens with one attached hydrogen (secondary N) is 1. The number of nitrogen functional groups attached to an aromatic ring is 1. The van der Waals surface area contributed by atoms with E-state index in [2.05, 4.69) is 5.32 Å². The molecule has 0 bridgehead atoms. The Balaban J connectivity index is 2.25. The Morgan fingerprint density at radius 3 is 2.67 bits per heavy atom. The van der Waals surface area contributed by atoms with Crippen LogP contribution in [0.2, 0.25) is 0 Å². The maximum atomic E-state index is 13.8. The highest BCUT2D eigenvalue weighted by molar-refractivity contribution is 7.21. The highest BCUT2D eigenvalue weighted by Gasteiger charge is 2.23. The van der Waals surface area contributed by atoms with Gasteiger partial charge >= 0.3 is 0 Å². The highest BCUT2D eigenvalue weighted by atomic mass is 32.1. The monoisotopic (exact) mass is 309 g/mol. The number of amides is 1. The van der Waals surface area contributed by atoms with Gasteiger partial charge in [-0.15, -0.1) is 11.3 Å². The Morgan fingerprint density at radius 2 is 2.10 bits per heavy atom. The van der Waals surface area contributed by atoms with Gasteiger partial charge in [0.05, 0.1) is 11.1 Å². The van der Waals surface area contributed by atoms with Gasteiger partial charge in [-0.2, -0.15) is 0 Å². The van der Waals surface area contributed by atoms with Crippen molar-refractivity contribution in [2.24, 2.45) is 0 Å². The zero-order chi connectivity index (χ0) is 15.8. The average Bonchev–Trinajstić information content (AvgIpc) is 2.75. The molecule has 1 aromatic heterocycles. The minimum Gasteiger partial charge on any atom is -0.397 e. The van der Waals surface area contributed by atoms with Crippen molar-refractivity contribution < 1.29 is 9.18 Å². The summed E-state index contributed by atoms with van der Waals surface area (Å²) in [5.74, 6) is -0.656. The van der Waals surface area contributed by atoms with Crippen molar-refractivity contribution in [2.75, 3.05) is 26.4 Å². The van der Waals surface area contributed by atoms with Gasteiger partial charge in [0.2, 0.25) is 0 Å². The maximum Gasteiger partial charge on any atom is 0.263 e. The van der Waals surface area contributed by atoms with Crippen LogP contribution in [0.15, 0.2) is 18.2 Å². The maximum absolute atomic E-state index is 13.8. The first-order chi connectivity index (χ1) is 9.74. The minimum atomic E-state index is -0.395. The number of halogens is 1. The number of anilines is 1. The predicted octanol–water partition coefficient (Wildman–Crippen LogP) is 2.69. The molecular weight excluding hydrogens is 289 g/mol. The van der Waals surface area contributed by atoms with E-state index in [-0.39, 0.29) is 17.1 Å². The first-order valence-corrected chi connectivity index (χ1v) is 7.48. The first kappa shape index (κ1) is 15.7. The fraction of sp³-hybridized carbons (Fsp3) is 0.400. The van der Waals surface area contributed by atoms with E-state index in [1.807, 2.05) is 32.8 Å². The second-order valence-corrected chi connectivity index (χ2v) is 6.90. The molecule has 0 saturated heterocycles. The van der Waals surface area contributed by atoms with Crippen molar-refractivity contribution in [1.82, 2.24) is 10.2 Å². The van der Waals surface area contributed by atoms with Gasteiger partial charge in [0, 0.05) is 16.8 Å². The van der Waals surface area contributed by atoms with Crippen LogP contribution in [0.4, 0.5) is 10.1 Å². The standard InChI is InChI=1S/C15H20FN3OS/c1-15(2,19(3)4)8-18-14(20)13-12(17)11-9(16)6-5-7-10(11)21-13/h5-7H,8,17H2,1-4H3,(H,18,20). The molecule has 2 rings (SSSR count). The molecule has 0 aliphatic carbocycles. The highest BCUT2D eigenvalue weighted by Crippen LogP contribution is 2.35. The molecule has 0 aliphatic heterocycles. The number of likely N-dealkylation sites (N-methyl/N-ethyl adjacent to an activating group) is 1. The van der Waals surface area contributed by atoms with Crippen LogP contribution in [0, 0.1) is 5.82 Å². The number of carbonyl (C=O) groups excluding carboxylic acids is 1. The second kappa shape index (κ2) is 5.61. The predicted molar refractivity (Wildman–Crippen MR) is 86.3 cm³/mol. The van der Waals surface area contributed by atoms with Crippen LogP contribution in [-0.2, 0) is 0 Å². The fourth-order valence-electron chi connectivity index (χ4n) is 1.83. The average molecular weight is 309 g/mol. The van der Waals surface area contributed by atoms with Crippen molar-refractivity contribution in [3.63, 3.8) is 0 Å². The summed E-state index contributed by atoms with van der Waals surface area (Å²) in [5.41, 5.74) is 5.98. The van der Waals surface area contributed by atoms with Gasteiger partial charge in [-0.05, 0) is 40.1 Å². The first-order valence-electron chi connectivity index (χ1n) is 6.66. The molecule has 114 valence electrons. The molecule has 3 N–H and O–H groups in total. The summed E-state index contributed by atoms with van der Waals surface area (Å²) in [7, 11) is 3.91. The van der Waals surface area contributed by atoms with Crippen molar-refractivity contribution in [2.45, 2.75) is 19.4 Å². The van der Waals surface area contributed by atoms with Gasteiger partial charge in [0.15, 0.2) is 0 Å². The number of benzene rings is 1. The van der Waals surface area contributed by atoms with Gasteiger partial charge < -0.3 is 16.0 Å². The summed E-state index contributed by atoms with van der Waals surface area (Å²) >= 11 is 1.21. The third-order valence-corrected chi connectivity index (χ3v) is 4.97. The molecule has 21 heavy (non-hydrogen) atoms. The van der Waals surface area contributed by atoms with E-state index in [1.54, 1.807) is 12.1 Å². The Labute approximate surface area is 127 Å². The lowest BCUT2D eigenvalue weighted by atomic mass is 10.0. The van der Waals surface area contributed by atoms with E-state index in [9.17, 15) is 9.18 Å². The molecule has 1 heterocycles. The molecule has 1 amide bonds. The molecule has 0 unspecified atom stereocenters. The molecule has 0 atom stereocenters. The lowest BCUT2D eigenvalue weighted by Gasteiger charge is -2.32. The van der Waals surface area contributed by atoms with Crippen molar-refractivity contribution in [3.8, 4) is 0 Å².